The van der Waals surface area contributed by atoms with Gasteiger partial charge in [-0.2, -0.15) is 0 Å². The summed E-state index contributed by atoms with van der Waals surface area (Å²) in [7, 11) is 0. The van der Waals surface area contributed by atoms with Gasteiger partial charge in [0.1, 0.15) is 0 Å². The average Bonchev–Trinajstić information content (AvgIpc) is 2.68. The summed E-state index contributed by atoms with van der Waals surface area (Å²) in [6, 6.07) is 5.48. The van der Waals surface area contributed by atoms with E-state index in [2.05, 4.69) is 23.7 Å². The Morgan fingerprint density at radius 1 is 0.964 bits per heavy atom. The van der Waals surface area contributed by atoms with Crippen molar-refractivity contribution in [3.05, 3.63) is 40.0 Å². The van der Waals surface area contributed by atoms with Gasteiger partial charge in [0.2, 0.25) is 0 Å². The van der Waals surface area contributed by atoms with Crippen molar-refractivity contribution in [3.63, 3.8) is 0 Å². The standard InChI is InChI=1S/C23H34Cl2N2O/c1-3-5-7-9-13-27(14-10-8-6-4-2)17-22(28)20-16-26-21-15-18(24)11-12-19(21)23(20)25/h11-12,15-16,22,28H,3-10,13-14,17H2,1-2H3. The van der Waals surface area contributed by atoms with E-state index in [1.165, 1.54) is 51.4 Å². The largest absolute Gasteiger partial charge is 0.387 e. The van der Waals surface area contributed by atoms with Crippen LogP contribution in [0.25, 0.3) is 10.9 Å². The van der Waals surface area contributed by atoms with Crippen LogP contribution in [0.1, 0.15) is 76.9 Å². The maximum atomic E-state index is 10.9. The number of hydrogen-bond acceptors (Lipinski definition) is 3. The van der Waals surface area contributed by atoms with Crippen molar-refractivity contribution in [3.8, 4) is 0 Å². The lowest BCUT2D eigenvalue weighted by Crippen LogP contribution is -2.31. The van der Waals surface area contributed by atoms with Crippen LogP contribution in [0.3, 0.4) is 0 Å². The minimum atomic E-state index is -0.641. The molecule has 0 fully saturated rings. The molecule has 0 aliphatic carbocycles. The second-order valence-electron chi connectivity index (χ2n) is 7.63. The van der Waals surface area contributed by atoms with Gasteiger partial charge in [-0.1, -0.05) is 75.6 Å². The molecule has 1 atom stereocenters. The third-order valence-electron chi connectivity index (χ3n) is 5.24. The molecule has 1 aromatic heterocycles. The van der Waals surface area contributed by atoms with E-state index < -0.39 is 6.10 Å². The van der Waals surface area contributed by atoms with Crippen molar-refractivity contribution in [2.45, 2.75) is 71.3 Å². The summed E-state index contributed by atoms with van der Waals surface area (Å²) in [5.41, 5.74) is 1.45. The molecular weight excluding hydrogens is 391 g/mol. The fraction of sp³-hybridized carbons (Fsp3) is 0.609. The third-order valence-corrected chi connectivity index (χ3v) is 5.90. The van der Waals surface area contributed by atoms with Gasteiger partial charge in [0.25, 0.3) is 0 Å². The predicted octanol–water partition coefficient (Wildman–Crippen LogP) is 7.04. The second kappa shape index (κ2) is 12.6. The number of pyridine rings is 1. The highest BCUT2D eigenvalue weighted by Crippen LogP contribution is 2.31. The number of aromatic nitrogens is 1. The van der Waals surface area contributed by atoms with Gasteiger partial charge in [0.05, 0.1) is 16.6 Å². The van der Waals surface area contributed by atoms with Gasteiger partial charge in [0.15, 0.2) is 0 Å². The third kappa shape index (κ3) is 7.18. The number of hydrogen-bond donors (Lipinski definition) is 1. The first-order valence-corrected chi connectivity index (χ1v) is 11.5. The van der Waals surface area contributed by atoms with Crippen molar-refractivity contribution in [2.24, 2.45) is 0 Å². The van der Waals surface area contributed by atoms with Gasteiger partial charge in [-0.15, -0.1) is 0 Å². The van der Waals surface area contributed by atoms with E-state index in [-0.39, 0.29) is 0 Å². The molecule has 0 saturated carbocycles. The minimum absolute atomic E-state index is 0.575. The lowest BCUT2D eigenvalue weighted by atomic mass is 10.1. The van der Waals surface area contributed by atoms with Gasteiger partial charge >= 0.3 is 0 Å². The van der Waals surface area contributed by atoms with Crippen molar-refractivity contribution < 1.29 is 5.11 Å². The van der Waals surface area contributed by atoms with Crippen molar-refractivity contribution in [2.75, 3.05) is 19.6 Å². The van der Waals surface area contributed by atoms with Crippen LogP contribution in [0.4, 0.5) is 0 Å². The molecule has 0 aliphatic heterocycles. The molecule has 1 N–H and O–H groups in total. The van der Waals surface area contributed by atoms with Crippen LogP contribution in [0.2, 0.25) is 10.0 Å². The smallest absolute Gasteiger partial charge is 0.0946 e. The van der Waals surface area contributed by atoms with Crippen LogP contribution in [0, 0.1) is 0 Å². The molecule has 2 aromatic rings. The van der Waals surface area contributed by atoms with Gasteiger partial charge in [-0.05, 0) is 44.1 Å². The summed E-state index contributed by atoms with van der Waals surface area (Å²) in [5.74, 6) is 0. The number of aliphatic hydroxyl groups excluding tert-OH is 1. The summed E-state index contributed by atoms with van der Waals surface area (Å²) in [6.45, 7) is 7.11. The van der Waals surface area contributed by atoms with Gasteiger partial charge in [-0.3, -0.25) is 4.98 Å². The number of aliphatic hydroxyl groups is 1. The minimum Gasteiger partial charge on any atom is -0.387 e. The fourth-order valence-electron chi connectivity index (χ4n) is 3.54. The molecule has 28 heavy (non-hydrogen) atoms. The molecule has 1 unspecified atom stereocenters. The summed E-state index contributed by atoms with van der Waals surface area (Å²) in [4.78, 5) is 6.84. The number of halogens is 2. The number of fused-ring (bicyclic) bond motifs is 1. The molecule has 1 aromatic carbocycles. The van der Waals surface area contributed by atoms with Gasteiger partial charge in [0, 0.05) is 28.7 Å². The first-order chi connectivity index (χ1) is 13.6. The van der Waals surface area contributed by atoms with E-state index in [1.54, 1.807) is 18.3 Å². The zero-order valence-corrected chi connectivity index (χ0v) is 18.8. The first kappa shape index (κ1) is 23.4. The first-order valence-electron chi connectivity index (χ1n) is 10.7. The maximum Gasteiger partial charge on any atom is 0.0946 e. The number of nitrogens with zero attached hydrogens (tertiary/aromatic N) is 2. The number of unbranched alkanes of at least 4 members (excludes halogenated alkanes) is 6. The highest BCUT2D eigenvalue weighted by Gasteiger charge is 2.18. The number of rotatable bonds is 13. The highest BCUT2D eigenvalue weighted by atomic mass is 35.5. The van der Waals surface area contributed by atoms with Crippen LogP contribution < -0.4 is 0 Å². The molecule has 5 heteroatoms. The zero-order chi connectivity index (χ0) is 20.4. The second-order valence-corrected chi connectivity index (χ2v) is 8.44. The summed E-state index contributed by atoms with van der Waals surface area (Å²) in [5, 5.41) is 12.9. The van der Waals surface area contributed by atoms with Gasteiger partial charge in [-0.25, -0.2) is 0 Å². The van der Waals surface area contributed by atoms with Crippen LogP contribution in [0.15, 0.2) is 24.4 Å². The predicted molar refractivity (Wildman–Crippen MR) is 121 cm³/mol. The maximum absolute atomic E-state index is 10.9. The van der Waals surface area contributed by atoms with E-state index in [0.717, 1.165) is 24.0 Å². The average molecular weight is 425 g/mol. The summed E-state index contributed by atoms with van der Waals surface area (Å²) in [6.07, 6.45) is 10.9. The molecule has 0 bridgehead atoms. The van der Waals surface area contributed by atoms with Crippen LogP contribution >= 0.6 is 23.2 Å². The summed E-state index contributed by atoms with van der Waals surface area (Å²) < 4.78 is 0. The molecule has 3 nitrogen and oxygen atoms in total. The molecule has 0 saturated heterocycles. The SMILES string of the molecule is CCCCCCN(CCCCCC)CC(O)c1cnc2cc(Cl)ccc2c1Cl. The topological polar surface area (TPSA) is 36.4 Å². The van der Waals surface area contributed by atoms with Gasteiger partial charge < -0.3 is 10.0 Å². The molecular formula is C23H34Cl2N2O. The Hall–Kier alpha value is -0.870. The quantitative estimate of drug-likeness (QED) is 0.350. The van der Waals surface area contributed by atoms with E-state index in [1.807, 2.05) is 6.07 Å². The Kier molecular flexibility index (Phi) is 10.6. The normalized spacial score (nSPS) is 12.8. The summed E-state index contributed by atoms with van der Waals surface area (Å²) >= 11 is 12.6. The molecule has 156 valence electrons. The van der Waals surface area contributed by atoms with Crippen LogP contribution in [-0.2, 0) is 0 Å². The molecule has 0 amide bonds. The lowest BCUT2D eigenvalue weighted by molar-refractivity contribution is 0.110. The monoisotopic (exact) mass is 424 g/mol. The Balaban J connectivity index is 2.05. The van der Waals surface area contributed by atoms with Crippen LogP contribution in [-0.4, -0.2) is 34.6 Å². The van der Waals surface area contributed by atoms with Crippen molar-refractivity contribution >= 4 is 34.1 Å². The Morgan fingerprint density at radius 3 is 2.21 bits per heavy atom. The molecule has 0 aliphatic rings. The lowest BCUT2D eigenvalue weighted by Gasteiger charge is -2.26. The zero-order valence-electron chi connectivity index (χ0n) is 17.3. The van der Waals surface area contributed by atoms with E-state index >= 15 is 0 Å². The molecule has 0 radical (unpaired) electrons. The Morgan fingerprint density at radius 2 is 1.61 bits per heavy atom. The number of benzene rings is 1. The van der Waals surface area contributed by atoms with E-state index in [9.17, 15) is 5.11 Å². The van der Waals surface area contributed by atoms with E-state index in [4.69, 9.17) is 23.2 Å². The molecule has 1 heterocycles. The Labute approximate surface area is 180 Å². The van der Waals surface area contributed by atoms with Crippen molar-refractivity contribution in [1.29, 1.82) is 0 Å². The molecule has 2 rings (SSSR count). The van der Waals surface area contributed by atoms with Crippen LogP contribution in [0.5, 0.6) is 0 Å². The molecule has 0 spiro atoms. The fourth-order valence-corrected chi connectivity index (χ4v) is 4.04. The Bertz CT molecular complexity index is 711. The van der Waals surface area contributed by atoms with E-state index in [0.29, 0.717) is 22.2 Å². The van der Waals surface area contributed by atoms with Crippen molar-refractivity contribution in [1.82, 2.24) is 9.88 Å². The highest BCUT2D eigenvalue weighted by molar-refractivity contribution is 6.36.